The summed E-state index contributed by atoms with van der Waals surface area (Å²) in [7, 11) is 1.73. The molecule has 3 nitrogen and oxygen atoms in total. The molecular formula is C9H13N3S. The number of rotatable bonds is 3. The summed E-state index contributed by atoms with van der Waals surface area (Å²) < 4.78 is 0. The van der Waals surface area contributed by atoms with Crippen LogP contribution in [0.3, 0.4) is 0 Å². The van der Waals surface area contributed by atoms with Gasteiger partial charge in [-0.3, -0.25) is 4.98 Å². The molecule has 0 amide bonds. The van der Waals surface area contributed by atoms with E-state index in [9.17, 15) is 0 Å². The van der Waals surface area contributed by atoms with Crippen LogP contribution in [-0.2, 0) is 6.42 Å². The molecule has 0 aromatic carbocycles. The van der Waals surface area contributed by atoms with Crippen LogP contribution in [0.15, 0.2) is 23.4 Å². The SMILES string of the molecule is CCc1ccc(/C(S)=N/NC)nc1. The van der Waals surface area contributed by atoms with E-state index in [2.05, 4.69) is 35.1 Å². The van der Waals surface area contributed by atoms with Gasteiger partial charge in [0.25, 0.3) is 0 Å². The number of hydrogen-bond acceptors (Lipinski definition) is 3. The average Bonchev–Trinajstić information content (AvgIpc) is 2.18. The number of thiol groups is 1. The number of aryl methyl sites for hydroxylation is 1. The normalized spacial score (nSPS) is 11.5. The highest BCUT2D eigenvalue weighted by molar-refractivity contribution is 7.97. The number of nitrogens with one attached hydrogen (secondary N) is 1. The van der Waals surface area contributed by atoms with Crippen LogP contribution in [0, 0.1) is 0 Å². The van der Waals surface area contributed by atoms with Gasteiger partial charge in [0.15, 0.2) is 0 Å². The molecule has 13 heavy (non-hydrogen) atoms. The molecule has 0 spiro atoms. The predicted octanol–water partition coefficient (Wildman–Crippen LogP) is 1.45. The summed E-state index contributed by atoms with van der Waals surface area (Å²) in [5, 5.41) is 4.52. The summed E-state index contributed by atoms with van der Waals surface area (Å²) in [6, 6.07) is 3.95. The molecule has 0 atom stereocenters. The monoisotopic (exact) mass is 195 g/mol. The Bertz CT molecular complexity index is 292. The van der Waals surface area contributed by atoms with Crippen molar-refractivity contribution in [2.75, 3.05) is 7.05 Å². The van der Waals surface area contributed by atoms with E-state index in [1.807, 2.05) is 18.3 Å². The van der Waals surface area contributed by atoms with Gasteiger partial charge < -0.3 is 5.43 Å². The standard InChI is InChI=1S/C9H13N3S/c1-3-7-4-5-8(11-6-7)9(13)12-10-2/h4-6,10H,3H2,1-2H3,(H,12,13). The van der Waals surface area contributed by atoms with Crippen LogP contribution in [0.5, 0.6) is 0 Å². The Morgan fingerprint density at radius 3 is 2.85 bits per heavy atom. The maximum Gasteiger partial charge on any atom is 0.139 e. The smallest absolute Gasteiger partial charge is 0.139 e. The molecule has 4 heteroatoms. The summed E-state index contributed by atoms with van der Waals surface area (Å²) in [4.78, 5) is 4.22. The molecule has 0 aliphatic rings. The topological polar surface area (TPSA) is 37.3 Å². The molecule has 1 rings (SSSR count). The lowest BCUT2D eigenvalue weighted by Crippen LogP contribution is -2.03. The molecule has 0 aliphatic carbocycles. The van der Waals surface area contributed by atoms with E-state index in [-0.39, 0.29) is 0 Å². The van der Waals surface area contributed by atoms with Gasteiger partial charge >= 0.3 is 0 Å². The summed E-state index contributed by atoms with van der Waals surface area (Å²) >= 11 is 4.19. The zero-order valence-corrected chi connectivity index (χ0v) is 8.68. The molecule has 1 N–H and O–H groups in total. The van der Waals surface area contributed by atoms with Crippen molar-refractivity contribution in [3.63, 3.8) is 0 Å². The van der Waals surface area contributed by atoms with E-state index in [1.54, 1.807) is 7.05 Å². The van der Waals surface area contributed by atoms with E-state index in [0.717, 1.165) is 12.1 Å². The Morgan fingerprint density at radius 2 is 2.38 bits per heavy atom. The molecule has 0 fully saturated rings. The predicted molar refractivity (Wildman–Crippen MR) is 58.2 cm³/mol. The highest BCUT2D eigenvalue weighted by Gasteiger charge is 1.98. The van der Waals surface area contributed by atoms with Crippen molar-refractivity contribution in [1.82, 2.24) is 10.4 Å². The molecule has 1 aromatic heterocycles. The van der Waals surface area contributed by atoms with Crippen LogP contribution in [0.2, 0.25) is 0 Å². The lowest BCUT2D eigenvalue weighted by atomic mass is 10.2. The third-order valence-electron chi connectivity index (χ3n) is 1.68. The van der Waals surface area contributed by atoms with Crippen molar-refractivity contribution < 1.29 is 0 Å². The Balaban J connectivity index is 2.85. The van der Waals surface area contributed by atoms with Crippen molar-refractivity contribution in [2.45, 2.75) is 13.3 Å². The Hall–Kier alpha value is -1.03. The second kappa shape index (κ2) is 4.87. The van der Waals surface area contributed by atoms with Crippen LogP contribution in [0.25, 0.3) is 0 Å². The third-order valence-corrected chi connectivity index (χ3v) is 2.01. The van der Waals surface area contributed by atoms with E-state index in [0.29, 0.717) is 5.04 Å². The fourth-order valence-corrected chi connectivity index (χ4v) is 1.16. The highest BCUT2D eigenvalue weighted by atomic mass is 32.1. The van der Waals surface area contributed by atoms with Crippen LogP contribution in [0.1, 0.15) is 18.2 Å². The molecular weight excluding hydrogens is 182 g/mol. The largest absolute Gasteiger partial charge is 0.312 e. The first kappa shape index (κ1) is 10.1. The van der Waals surface area contributed by atoms with E-state index in [4.69, 9.17) is 0 Å². The van der Waals surface area contributed by atoms with Gasteiger partial charge in [-0.05, 0) is 18.1 Å². The summed E-state index contributed by atoms with van der Waals surface area (Å²) in [5.74, 6) is 0. The van der Waals surface area contributed by atoms with Crippen LogP contribution in [0.4, 0.5) is 0 Å². The first-order valence-electron chi connectivity index (χ1n) is 4.16. The van der Waals surface area contributed by atoms with Gasteiger partial charge in [-0.1, -0.05) is 13.0 Å². The first-order valence-corrected chi connectivity index (χ1v) is 4.61. The summed E-state index contributed by atoms with van der Waals surface area (Å²) in [6.07, 6.45) is 2.84. The Labute approximate surface area is 83.7 Å². The van der Waals surface area contributed by atoms with Gasteiger partial charge in [0.05, 0.1) is 5.69 Å². The van der Waals surface area contributed by atoms with Crippen LogP contribution in [-0.4, -0.2) is 17.1 Å². The van der Waals surface area contributed by atoms with Crippen LogP contribution < -0.4 is 5.43 Å². The lowest BCUT2D eigenvalue weighted by Gasteiger charge is -1.99. The number of pyridine rings is 1. The van der Waals surface area contributed by atoms with Gasteiger partial charge in [-0.15, -0.1) is 12.6 Å². The minimum atomic E-state index is 0.602. The maximum atomic E-state index is 4.22. The fourth-order valence-electron chi connectivity index (χ4n) is 0.929. The number of hydrogen-bond donors (Lipinski definition) is 2. The molecule has 1 aromatic rings. The Kier molecular flexibility index (Phi) is 3.76. The van der Waals surface area contributed by atoms with Crippen molar-refractivity contribution in [3.8, 4) is 0 Å². The van der Waals surface area contributed by atoms with Crippen LogP contribution >= 0.6 is 12.6 Å². The van der Waals surface area contributed by atoms with E-state index < -0.39 is 0 Å². The average molecular weight is 195 g/mol. The second-order valence-electron chi connectivity index (χ2n) is 2.56. The first-order chi connectivity index (χ1) is 6.27. The number of aromatic nitrogens is 1. The molecule has 0 bridgehead atoms. The van der Waals surface area contributed by atoms with E-state index in [1.165, 1.54) is 5.56 Å². The molecule has 0 saturated heterocycles. The quantitative estimate of drug-likeness (QED) is 0.331. The molecule has 0 unspecified atom stereocenters. The highest BCUT2D eigenvalue weighted by Crippen LogP contribution is 2.03. The molecule has 0 radical (unpaired) electrons. The maximum absolute atomic E-state index is 4.22. The van der Waals surface area contributed by atoms with Gasteiger partial charge in [0.1, 0.15) is 5.04 Å². The second-order valence-corrected chi connectivity index (χ2v) is 2.99. The van der Waals surface area contributed by atoms with Gasteiger partial charge in [0, 0.05) is 13.2 Å². The van der Waals surface area contributed by atoms with Gasteiger partial charge in [-0.2, -0.15) is 5.10 Å². The van der Waals surface area contributed by atoms with Crippen molar-refractivity contribution in [1.29, 1.82) is 0 Å². The zero-order chi connectivity index (χ0) is 9.68. The summed E-state index contributed by atoms with van der Waals surface area (Å²) in [6.45, 7) is 2.10. The third kappa shape index (κ3) is 2.73. The minimum absolute atomic E-state index is 0.602. The molecule has 1 heterocycles. The van der Waals surface area contributed by atoms with E-state index >= 15 is 0 Å². The minimum Gasteiger partial charge on any atom is -0.312 e. The molecule has 0 aliphatic heterocycles. The number of hydrazone groups is 1. The Morgan fingerprint density at radius 1 is 1.62 bits per heavy atom. The number of nitrogens with zero attached hydrogens (tertiary/aromatic N) is 2. The van der Waals surface area contributed by atoms with Gasteiger partial charge in [-0.25, -0.2) is 0 Å². The van der Waals surface area contributed by atoms with Gasteiger partial charge in [0.2, 0.25) is 0 Å². The molecule has 70 valence electrons. The zero-order valence-electron chi connectivity index (χ0n) is 7.78. The lowest BCUT2D eigenvalue weighted by molar-refractivity contribution is 0.904. The van der Waals surface area contributed by atoms with Crippen molar-refractivity contribution in [2.24, 2.45) is 5.10 Å². The van der Waals surface area contributed by atoms with Crippen molar-refractivity contribution >= 4 is 17.7 Å². The molecule has 0 saturated carbocycles. The summed E-state index contributed by atoms with van der Waals surface area (Å²) in [5.41, 5.74) is 4.67. The fraction of sp³-hybridized carbons (Fsp3) is 0.333. The van der Waals surface area contributed by atoms with Crippen molar-refractivity contribution in [3.05, 3.63) is 29.6 Å².